The molecule has 1 amide bonds. The van der Waals surface area contributed by atoms with Gasteiger partial charge >= 0.3 is 0 Å². The van der Waals surface area contributed by atoms with Gasteiger partial charge in [-0.1, -0.05) is 23.7 Å². The second-order valence-corrected chi connectivity index (χ2v) is 13.5. The molecule has 0 bridgehead atoms. The third kappa shape index (κ3) is 6.28. The van der Waals surface area contributed by atoms with Crippen LogP contribution in [0.2, 0.25) is 5.02 Å². The summed E-state index contributed by atoms with van der Waals surface area (Å²) in [5.74, 6) is -0.310. The molecular formula is C25H32ClN3O6S2. The van der Waals surface area contributed by atoms with Gasteiger partial charge in [0, 0.05) is 32.7 Å². The SMILES string of the molecule is CCOc1ccc(S(=O)(=O)N2CCCC(C(=O)NCc3ccc(S(=O)(=O)N4CCCC4)cc3)C2)cc1Cl. The molecule has 37 heavy (non-hydrogen) atoms. The maximum Gasteiger partial charge on any atom is 0.243 e. The number of rotatable bonds is 9. The molecule has 202 valence electrons. The molecule has 0 saturated carbocycles. The summed E-state index contributed by atoms with van der Waals surface area (Å²) in [6, 6.07) is 10.9. The Morgan fingerprint density at radius 3 is 2.22 bits per heavy atom. The normalized spacial score (nSPS) is 19.6. The molecule has 0 radical (unpaired) electrons. The number of nitrogens with one attached hydrogen (secondary N) is 1. The average molecular weight is 570 g/mol. The van der Waals surface area contributed by atoms with E-state index >= 15 is 0 Å². The van der Waals surface area contributed by atoms with Gasteiger partial charge < -0.3 is 10.1 Å². The Labute approximate surface area is 223 Å². The molecule has 2 fully saturated rings. The highest BCUT2D eigenvalue weighted by Gasteiger charge is 2.33. The molecule has 1 atom stereocenters. The van der Waals surface area contributed by atoms with Crippen LogP contribution in [0.1, 0.15) is 38.2 Å². The third-order valence-electron chi connectivity index (χ3n) is 6.69. The van der Waals surface area contributed by atoms with Crippen LogP contribution in [0, 0.1) is 5.92 Å². The predicted octanol–water partition coefficient (Wildman–Crippen LogP) is 3.24. The lowest BCUT2D eigenvalue weighted by atomic mass is 9.99. The molecule has 2 heterocycles. The highest BCUT2D eigenvalue weighted by Crippen LogP contribution is 2.30. The van der Waals surface area contributed by atoms with Gasteiger partial charge in [0.2, 0.25) is 26.0 Å². The first-order valence-electron chi connectivity index (χ1n) is 12.4. The van der Waals surface area contributed by atoms with Crippen LogP contribution in [0.5, 0.6) is 5.75 Å². The van der Waals surface area contributed by atoms with Crippen LogP contribution >= 0.6 is 11.6 Å². The van der Waals surface area contributed by atoms with E-state index in [4.69, 9.17) is 16.3 Å². The summed E-state index contributed by atoms with van der Waals surface area (Å²) >= 11 is 6.19. The molecular weight excluding hydrogens is 538 g/mol. The highest BCUT2D eigenvalue weighted by molar-refractivity contribution is 7.89. The largest absolute Gasteiger partial charge is 0.492 e. The number of carbonyl (C=O) groups excluding carboxylic acids is 1. The molecule has 0 spiro atoms. The van der Waals surface area contributed by atoms with Gasteiger partial charge in [-0.2, -0.15) is 8.61 Å². The van der Waals surface area contributed by atoms with Crippen LogP contribution in [0.15, 0.2) is 52.3 Å². The lowest BCUT2D eigenvalue weighted by molar-refractivity contribution is -0.126. The molecule has 9 nitrogen and oxygen atoms in total. The molecule has 2 saturated heterocycles. The monoisotopic (exact) mass is 569 g/mol. The first kappa shape index (κ1) is 27.8. The number of amides is 1. The Balaban J connectivity index is 1.36. The van der Waals surface area contributed by atoms with Crippen molar-refractivity contribution >= 4 is 37.6 Å². The average Bonchev–Trinajstić information content (AvgIpc) is 3.45. The maximum absolute atomic E-state index is 13.2. The van der Waals surface area contributed by atoms with Crippen molar-refractivity contribution < 1.29 is 26.4 Å². The summed E-state index contributed by atoms with van der Waals surface area (Å²) in [4.78, 5) is 13.2. The fraction of sp³-hybridized carbons (Fsp3) is 0.480. The minimum Gasteiger partial charge on any atom is -0.492 e. The van der Waals surface area contributed by atoms with Crippen LogP contribution in [0.4, 0.5) is 0 Å². The molecule has 0 aliphatic carbocycles. The zero-order valence-corrected chi connectivity index (χ0v) is 23.1. The molecule has 2 aliphatic rings. The van der Waals surface area contributed by atoms with Gasteiger partial charge in [0.25, 0.3) is 0 Å². The summed E-state index contributed by atoms with van der Waals surface area (Å²) in [6.45, 7) is 3.93. The number of hydrogen-bond acceptors (Lipinski definition) is 6. The first-order chi connectivity index (χ1) is 17.6. The first-order valence-corrected chi connectivity index (χ1v) is 15.7. The molecule has 4 rings (SSSR count). The van der Waals surface area contributed by atoms with E-state index in [9.17, 15) is 21.6 Å². The number of carbonyl (C=O) groups is 1. The van der Waals surface area contributed by atoms with Gasteiger partial charge in [-0.05, 0) is 68.5 Å². The standard InChI is InChI=1S/C25H32ClN3O6S2/c1-2-35-24-12-11-22(16-23(24)26)37(33,34)29-15-5-6-20(18-29)25(30)27-17-19-7-9-21(10-8-19)36(31,32)28-13-3-4-14-28/h7-12,16,20H,2-6,13-15,17-18H2,1H3,(H,27,30). The number of hydrogen-bond donors (Lipinski definition) is 1. The molecule has 1 unspecified atom stereocenters. The van der Waals surface area contributed by atoms with Gasteiger partial charge in [0.05, 0.1) is 27.3 Å². The fourth-order valence-electron chi connectivity index (χ4n) is 4.63. The number of ether oxygens (including phenoxy) is 1. The molecule has 2 aliphatic heterocycles. The zero-order chi connectivity index (χ0) is 26.6. The highest BCUT2D eigenvalue weighted by atomic mass is 35.5. The Morgan fingerprint density at radius 2 is 1.57 bits per heavy atom. The van der Waals surface area contributed by atoms with E-state index in [2.05, 4.69) is 5.32 Å². The summed E-state index contributed by atoms with van der Waals surface area (Å²) in [7, 11) is -7.31. The number of benzene rings is 2. The lowest BCUT2D eigenvalue weighted by Gasteiger charge is -2.31. The minimum atomic E-state index is -3.82. The van der Waals surface area contributed by atoms with E-state index in [1.54, 1.807) is 24.3 Å². The van der Waals surface area contributed by atoms with Crippen LogP contribution in [0.25, 0.3) is 0 Å². The van der Waals surface area contributed by atoms with Gasteiger partial charge in [-0.3, -0.25) is 4.79 Å². The van der Waals surface area contributed by atoms with E-state index < -0.39 is 26.0 Å². The summed E-state index contributed by atoms with van der Waals surface area (Å²) in [5, 5.41) is 3.08. The lowest BCUT2D eigenvalue weighted by Crippen LogP contribution is -2.45. The summed E-state index contributed by atoms with van der Waals surface area (Å²) < 4.78 is 60.0. The Hall–Kier alpha value is -2.18. The van der Waals surface area contributed by atoms with Crippen molar-refractivity contribution in [2.45, 2.75) is 48.9 Å². The van der Waals surface area contributed by atoms with Crippen molar-refractivity contribution in [3.63, 3.8) is 0 Å². The van der Waals surface area contributed by atoms with Crippen molar-refractivity contribution in [2.75, 3.05) is 32.8 Å². The van der Waals surface area contributed by atoms with Crippen molar-refractivity contribution in [2.24, 2.45) is 5.92 Å². The topological polar surface area (TPSA) is 113 Å². The van der Waals surface area contributed by atoms with Gasteiger partial charge in [0.15, 0.2) is 0 Å². The zero-order valence-electron chi connectivity index (χ0n) is 20.7. The Kier molecular flexibility index (Phi) is 8.80. The van der Waals surface area contributed by atoms with E-state index in [0.29, 0.717) is 44.8 Å². The number of halogens is 1. The Morgan fingerprint density at radius 1 is 0.946 bits per heavy atom. The second kappa shape index (κ2) is 11.7. The van der Waals surface area contributed by atoms with Crippen LogP contribution in [-0.4, -0.2) is 64.1 Å². The third-order valence-corrected chi connectivity index (χ3v) is 10.8. The molecule has 12 heteroatoms. The van der Waals surface area contributed by atoms with Crippen LogP contribution in [-0.2, 0) is 31.4 Å². The predicted molar refractivity (Wildman–Crippen MR) is 140 cm³/mol. The van der Waals surface area contributed by atoms with Crippen molar-refractivity contribution in [1.82, 2.24) is 13.9 Å². The molecule has 0 aromatic heterocycles. The van der Waals surface area contributed by atoms with Gasteiger partial charge in [-0.25, -0.2) is 16.8 Å². The van der Waals surface area contributed by atoms with Crippen LogP contribution in [0.3, 0.4) is 0 Å². The van der Waals surface area contributed by atoms with E-state index in [1.165, 1.54) is 26.8 Å². The Bertz CT molecular complexity index is 1330. The minimum absolute atomic E-state index is 0.0611. The second-order valence-electron chi connectivity index (χ2n) is 9.20. The number of sulfonamides is 2. The van der Waals surface area contributed by atoms with E-state index in [0.717, 1.165) is 18.4 Å². The number of piperidine rings is 1. The smallest absolute Gasteiger partial charge is 0.243 e. The van der Waals surface area contributed by atoms with E-state index in [1.807, 2.05) is 6.92 Å². The maximum atomic E-state index is 13.2. The number of nitrogens with zero attached hydrogens (tertiary/aromatic N) is 2. The molecule has 2 aromatic carbocycles. The van der Waals surface area contributed by atoms with Gasteiger partial charge in [-0.15, -0.1) is 0 Å². The van der Waals surface area contributed by atoms with E-state index in [-0.39, 0.29) is 33.8 Å². The molecule has 1 N–H and O–H groups in total. The molecule has 2 aromatic rings. The van der Waals surface area contributed by atoms with Gasteiger partial charge in [0.1, 0.15) is 5.75 Å². The summed E-state index contributed by atoms with van der Waals surface area (Å²) in [6.07, 6.45) is 2.88. The van der Waals surface area contributed by atoms with Crippen molar-refractivity contribution in [3.8, 4) is 5.75 Å². The van der Waals surface area contributed by atoms with Crippen molar-refractivity contribution in [3.05, 3.63) is 53.1 Å². The quantitative estimate of drug-likeness (QED) is 0.496. The van der Waals surface area contributed by atoms with Crippen molar-refractivity contribution in [1.29, 1.82) is 0 Å². The van der Waals surface area contributed by atoms with Crippen LogP contribution < -0.4 is 10.1 Å². The summed E-state index contributed by atoms with van der Waals surface area (Å²) in [5.41, 5.74) is 0.762. The fourth-order valence-corrected chi connectivity index (χ4v) is 8.00.